The number of nitrogens with zero attached hydrogens (tertiary/aromatic N) is 3. The van der Waals surface area contributed by atoms with Gasteiger partial charge in [0.1, 0.15) is 5.82 Å². The van der Waals surface area contributed by atoms with Gasteiger partial charge in [0.25, 0.3) is 0 Å². The highest BCUT2D eigenvalue weighted by molar-refractivity contribution is 9.10. The monoisotopic (exact) mass is 306 g/mol. The van der Waals surface area contributed by atoms with Crippen molar-refractivity contribution in [2.75, 3.05) is 0 Å². The van der Waals surface area contributed by atoms with Crippen LogP contribution >= 0.6 is 15.9 Å². The summed E-state index contributed by atoms with van der Waals surface area (Å²) in [5.41, 5.74) is 8.04. The van der Waals surface area contributed by atoms with E-state index in [2.05, 4.69) is 55.8 Å². The molecule has 5 heteroatoms. The summed E-state index contributed by atoms with van der Waals surface area (Å²) in [6, 6.07) is 6.80. The molecule has 0 atom stereocenters. The smallest absolute Gasteiger partial charge is 0.164 e. The molecular formula is C13H15BrN4. The van der Waals surface area contributed by atoms with E-state index in [0.29, 0.717) is 12.6 Å². The number of benzene rings is 1. The molecule has 2 N–H and O–H groups in total. The summed E-state index contributed by atoms with van der Waals surface area (Å²) < 4.78 is 3.31. The maximum Gasteiger partial charge on any atom is 0.164 e. The first-order chi connectivity index (χ1) is 8.70. The predicted octanol–water partition coefficient (Wildman–Crippen LogP) is 2.81. The molecule has 0 radical (unpaired) electrons. The lowest BCUT2D eigenvalue weighted by molar-refractivity contribution is 0.688. The first-order valence-corrected chi connectivity index (χ1v) is 6.90. The summed E-state index contributed by atoms with van der Waals surface area (Å²) in [4.78, 5) is 0. The van der Waals surface area contributed by atoms with Gasteiger partial charge in [-0.25, -0.2) is 0 Å². The lowest BCUT2D eigenvalue weighted by atomic mass is 10.1. The van der Waals surface area contributed by atoms with Crippen molar-refractivity contribution in [3.63, 3.8) is 0 Å². The molecule has 0 unspecified atom stereocenters. The second-order valence-corrected chi connectivity index (χ2v) is 5.56. The lowest BCUT2D eigenvalue weighted by Crippen LogP contribution is -2.08. The van der Waals surface area contributed by atoms with E-state index in [1.165, 1.54) is 18.4 Å². The maximum atomic E-state index is 5.73. The lowest BCUT2D eigenvalue weighted by Gasteiger charge is -2.09. The molecule has 1 aromatic heterocycles. The van der Waals surface area contributed by atoms with Crippen molar-refractivity contribution in [1.29, 1.82) is 0 Å². The largest absolute Gasteiger partial charge is 0.324 e. The van der Waals surface area contributed by atoms with Crippen LogP contribution in [0.4, 0.5) is 0 Å². The number of hydrogen-bond acceptors (Lipinski definition) is 3. The molecule has 0 amide bonds. The van der Waals surface area contributed by atoms with E-state index in [0.717, 1.165) is 21.7 Å². The Bertz CT molecular complexity index is 587. The SMILES string of the molecule is Cc1cc(-c2nnc(CN)n2C2CC2)ccc1Br. The minimum atomic E-state index is 0.443. The van der Waals surface area contributed by atoms with Crippen molar-refractivity contribution in [1.82, 2.24) is 14.8 Å². The molecule has 3 rings (SSSR count). The molecule has 0 saturated heterocycles. The summed E-state index contributed by atoms with van der Waals surface area (Å²) >= 11 is 3.52. The number of halogens is 1. The molecule has 0 bridgehead atoms. The number of aromatic nitrogens is 3. The van der Waals surface area contributed by atoms with E-state index in [1.54, 1.807) is 0 Å². The average molecular weight is 307 g/mol. The van der Waals surface area contributed by atoms with Crippen molar-refractivity contribution in [3.05, 3.63) is 34.1 Å². The molecule has 1 saturated carbocycles. The van der Waals surface area contributed by atoms with E-state index in [4.69, 9.17) is 5.73 Å². The van der Waals surface area contributed by atoms with E-state index >= 15 is 0 Å². The van der Waals surface area contributed by atoms with Crippen LogP contribution in [-0.4, -0.2) is 14.8 Å². The fourth-order valence-corrected chi connectivity index (χ4v) is 2.41. The highest BCUT2D eigenvalue weighted by Gasteiger charge is 2.29. The summed E-state index contributed by atoms with van der Waals surface area (Å²) in [6.45, 7) is 2.52. The van der Waals surface area contributed by atoms with Crippen molar-refractivity contribution in [2.45, 2.75) is 32.4 Å². The topological polar surface area (TPSA) is 56.7 Å². The quantitative estimate of drug-likeness (QED) is 0.948. The Balaban J connectivity index is 2.10. The van der Waals surface area contributed by atoms with Gasteiger partial charge in [0.15, 0.2) is 5.82 Å². The molecule has 1 heterocycles. The van der Waals surface area contributed by atoms with E-state index in [-0.39, 0.29) is 0 Å². The van der Waals surface area contributed by atoms with Gasteiger partial charge in [-0.2, -0.15) is 0 Å². The van der Waals surface area contributed by atoms with Gasteiger partial charge in [-0.05, 0) is 37.5 Å². The molecule has 1 aromatic carbocycles. The summed E-state index contributed by atoms with van der Waals surface area (Å²) in [5.74, 6) is 1.82. The van der Waals surface area contributed by atoms with Crippen molar-refractivity contribution in [3.8, 4) is 11.4 Å². The molecule has 2 aromatic rings. The second kappa shape index (κ2) is 4.48. The van der Waals surface area contributed by atoms with E-state index in [9.17, 15) is 0 Å². The average Bonchev–Trinajstić information content (AvgIpc) is 3.12. The predicted molar refractivity (Wildman–Crippen MR) is 74.1 cm³/mol. The molecule has 0 aliphatic heterocycles. The third-order valence-corrected chi connectivity index (χ3v) is 4.17. The normalized spacial score (nSPS) is 15.1. The highest BCUT2D eigenvalue weighted by atomic mass is 79.9. The molecule has 94 valence electrons. The van der Waals surface area contributed by atoms with Gasteiger partial charge in [-0.1, -0.05) is 22.0 Å². The molecular weight excluding hydrogens is 292 g/mol. The van der Waals surface area contributed by atoms with E-state index in [1.807, 2.05) is 0 Å². The summed E-state index contributed by atoms with van der Waals surface area (Å²) in [5, 5.41) is 8.51. The number of aryl methyl sites for hydroxylation is 1. The van der Waals surface area contributed by atoms with Crippen LogP contribution < -0.4 is 5.73 Å². The Labute approximate surface area is 114 Å². The summed E-state index contributed by atoms with van der Waals surface area (Å²) in [7, 11) is 0. The van der Waals surface area contributed by atoms with Crippen molar-refractivity contribution in [2.24, 2.45) is 5.73 Å². The Morgan fingerprint density at radius 2 is 2.17 bits per heavy atom. The molecule has 4 nitrogen and oxygen atoms in total. The maximum absolute atomic E-state index is 5.73. The second-order valence-electron chi connectivity index (χ2n) is 4.71. The van der Waals surface area contributed by atoms with Crippen LogP contribution in [0.25, 0.3) is 11.4 Å². The zero-order chi connectivity index (χ0) is 12.7. The fourth-order valence-electron chi connectivity index (χ4n) is 2.16. The zero-order valence-electron chi connectivity index (χ0n) is 10.2. The standard InChI is InChI=1S/C13H15BrN4/c1-8-6-9(2-5-11(8)14)13-17-16-12(7-15)18(13)10-3-4-10/h2,5-6,10H,3-4,7,15H2,1H3. The Morgan fingerprint density at radius 3 is 2.78 bits per heavy atom. The molecule has 18 heavy (non-hydrogen) atoms. The first kappa shape index (κ1) is 11.9. The van der Waals surface area contributed by atoms with Gasteiger partial charge < -0.3 is 10.3 Å². The molecule has 1 aliphatic carbocycles. The minimum Gasteiger partial charge on any atom is -0.324 e. The first-order valence-electron chi connectivity index (χ1n) is 6.11. The van der Waals surface area contributed by atoms with Gasteiger partial charge in [-0.3, -0.25) is 0 Å². The van der Waals surface area contributed by atoms with Crippen LogP contribution in [0.15, 0.2) is 22.7 Å². The molecule has 1 fully saturated rings. The highest BCUT2D eigenvalue weighted by Crippen LogP contribution is 2.39. The minimum absolute atomic E-state index is 0.443. The van der Waals surface area contributed by atoms with Crippen LogP contribution in [0.1, 0.15) is 30.3 Å². The fraction of sp³-hybridized carbons (Fsp3) is 0.385. The van der Waals surface area contributed by atoms with Gasteiger partial charge in [0.05, 0.1) is 6.54 Å². The van der Waals surface area contributed by atoms with Gasteiger partial charge in [0.2, 0.25) is 0 Å². The van der Waals surface area contributed by atoms with Crippen molar-refractivity contribution >= 4 is 15.9 Å². The van der Waals surface area contributed by atoms with Crippen LogP contribution in [-0.2, 0) is 6.54 Å². The third kappa shape index (κ3) is 1.97. The zero-order valence-corrected chi connectivity index (χ0v) is 11.8. The Hall–Kier alpha value is -1.20. The Morgan fingerprint density at radius 1 is 1.39 bits per heavy atom. The van der Waals surface area contributed by atoms with E-state index < -0.39 is 0 Å². The molecule has 0 spiro atoms. The van der Waals surface area contributed by atoms with Crippen LogP contribution in [0.3, 0.4) is 0 Å². The van der Waals surface area contributed by atoms with Crippen molar-refractivity contribution < 1.29 is 0 Å². The summed E-state index contributed by atoms with van der Waals surface area (Å²) in [6.07, 6.45) is 2.40. The van der Waals surface area contributed by atoms with Crippen LogP contribution in [0.5, 0.6) is 0 Å². The molecule has 1 aliphatic rings. The number of nitrogens with two attached hydrogens (primary N) is 1. The Kier molecular flexibility index (Phi) is 2.95. The van der Waals surface area contributed by atoms with Gasteiger partial charge in [0, 0.05) is 16.1 Å². The number of hydrogen-bond donors (Lipinski definition) is 1. The van der Waals surface area contributed by atoms with Crippen LogP contribution in [0.2, 0.25) is 0 Å². The van der Waals surface area contributed by atoms with Gasteiger partial charge >= 0.3 is 0 Å². The van der Waals surface area contributed by atoms with Crippen LogP contribution in [0, 0.1) is 6.92 Å². The third-order valence-electron chi connectivity index (χ3n) is 3.28. The number of rotatable bonds is 3. The van der Waals surface area contributed by atoms with Gasteiger partial charge in [-0.15, -0.1) is 10.2 Å².